The number of aryl methyl sites for hydroxylation is 1. The van der Waals surface area contributed by atoms with Gasteiger partial charge >= 0.3 is 0 Å². The van der Waals surface area contributed by atoms with Crippen LogP contribution in [0, 0.1) is 6.92 Å². The number of furan rings is 1. The van der Waals surface area contributed by atoms with E-state index in [1.807, 2.05) is 24.5 Å². The molecule has 3 aromatic rings. The lowest BCUT2D eigenvalue weighted by Crippen LogP contribution is -2.20. The first-order valence-corrected chi connectivity index (χ1v) is 10.8. The monoisotopic (exact) mass is 425 g/mol. The summed E-state index contributed by atoms with van der Waals surface area (Å²) in [6, 6.07) is 12.0. The molecule has 0 aliphatic carbocycles. The number of carbonyl (C=O) groups excluding carboxylic acids is 1. The Kier molecular flexibility index (Phi) is 6.77. The second-order valence-corrected chi connectivity index (χ2v) is 8.85. The van der Waals surface area contributed by atoms with Gasteiger partial charge in [0.25, 0.3) is 5.91 Å². The van der Waals surface area contributed by atoms with Crippen molar-refractivity contribution in [1.82, 2.24) is 20.2 Å². The lowest BCUT2D eigenvalue weighted by atomic mass is 9.87. The Hall–Kier alpha value is -2.87. The molecule has 0 aliphatic heterocycles. The third-order valence-electron chi connectivity index (χ3n) is 4.52. The Bertz CT molecular complexity index is 1030. The molecule has 7 nitrogen and oxygen atoms in total. The first kappa shape index (κ1) is 21.8. The van der Waals surface area contributed by atoms with Gasteiger partial charge in [-0.05, 0) is 37.0 Å². The third kappa shape index (κ3) is 5.38. The van der Waals surface area contributed by atoms with Crippen molar-refractivity contribution in [2.45, 2.75) is 51.7 Å². The van der Waals surface area contributed by atoms with E-state index in [4.69, 9.17) is 4.42 Å². The largest absolute Gasteiger partial charge is 0.460 e. The van der Waals surface area contributed by atoms with Gasteiger partial charge in [-0.2, -0.15) is 5.10 Å². The highest BCUT2D eigenvalue weighted by Crippen LogP contribution is 2.27. The fourth-order valence-corrected chi connectivity index (χ4v) is 3.66. The number of hydrogen-bond acceptors (Lipinski definition) is 6. The van der Waals surface area contributed by atoms with Crippen LogP contribution in [0.2, 0.25) is 0 Å². The molecule has 1 aromatic carbocycles. The predicted octanol–water partition coefficient (Wildman–Crippen LogP) is 4.41. The SMILES string of the molecule is CCn1c(SCC(=O)NN=Cc2ccc(C)o2)nnc1-c1ccc(C(C)(C)C)cc1. The lowest BCUT2D eigenvalue weighted by Gasteiger charge is -2.19. The first-order valence-electron chi connectivity index (χ1n) is 9.83. The van der Waals surface area contributed by atoms with Crippen molar-refractivity contribution >= 4 is 23.9 Å². The number of amides is 1. The van der Waals surface area contributed by atoms with Gasteiger partial charge in [0.05, 0.1) is 12.0 Å². The molecule has 0 unspecified atom stereocenters. The van der Waals surface area contributed by atoms with Gasteiger partial charge in [-0.25, -0.2) is 5.43 Å². The van der Waals surface area contributed by atoms with Gasteiger partial charge in [0.2, 0.25) is 0 Å². The van der Waals surface area contributed by atoms with E-state index in [0.717, 1.165) is 17.1 Å². The summed E-state index contributed by atoms with van der Waals surface area (Å²) in [5.41, 5.74) is 4.88. The molecule has 0 saturated carbocycles. The second-order valence-electron chi connectivity index (χ2n) is 7.91. The van der Waals surface area contributed by atoms with Crippen molar-refractivity contribution in [3.8, 4) is 11.4 Å². The van der Waals surface area contributed by atoms with E-state index < -0.39 is 0 Å². The topological polar surface area (TPSA) is 85.3 Å². The molecule has 30 heavy (non-hydrogen) atoms. The Morgan fingerprint density at radius 1 is 1.20 bits per heavy atom. The van der Waals surface area contributed by atoms with Gasteiger partial charge < -0.3 is 8.98 Å². The van der Waals surface area contributed by atoms with Gasteiger partial charge in [-0.3, -0.25) is 4.79 Å². The van der Waals surface area contributed by atoms with E-state index in [1.54, 1.807) is 6.07 Å². The van der Waals surface area contributed by atoms with Crippen molar-refractivity contribution in [2.75, 3.05) is 5.75 Å². The fraction of sp³-hybridized carbons (Fsp3) is 0.364. The van der Waals surface area contributed by atoms with Crippen molar-refractivity contribution in [3.05, 3.63) is 53.5 Å². The molecule has 0 aliphatic rings. The summed E-state index contributed by atoms with van der Waals surface area (Å²) in [7, 11) is 0. The van der Waals surface area contributed by atoms with Crippen molar-refractivity contribution in [1.29, 1.82) is 0 Å². The summed E-state index contributed by atoms with van der Waals surface area (Å²) in [6.07, 6.45) is 1.48. The quantitative estimate of drug-likeness (QED) is 0.344. The molecule has 0 fully saturated rings. The number of thioether (sulfide) groups is 1. The molecule has 3 rings (SSSR count). The Morgan fingerprint density at radius 2 is 1.93 bits per heavy atom. The molecule has 158 valence electrons. The van der Waals surface area contributed by atoms with Crippen molar-refractivity contribution in [2.24, 2.45) is 5.10 Å². The number of nitrogens with one attached hydrogen (secondary N) is 1. The maximum absolute atomic E-state index is 12.1. The maximum Gasteiger partial charge on any atom is 0.250 e. The van der Waals surface area contributed by atoms with Crippen LogP contribution in [0.5, 0.6) is 0 Å². The molecule has 0 radical (unpaired) electrons. The maximum atomic E-state index is 12.1. The Morgan fingerprint density at radius 3 is 2.53 bits per heavy atom. The highest BCUT2D eigenvalue weighted by atomic mass is 32.2. The highest BCUT2D eigenvalue weighted by Gasteiger charge is 2.17. The zero-order chi connectivity index (χ0) is 21.7. The van der Waals surface area contributed by atoms with E-state index >= 15 is 0 Å². The third-order valence-corrected chi connectivity index (χ3v) is 5.48. The number of rotatable bonds is 7. The zero-order valence-electron chi connectivity index (χ0n) is 18.0. The lowest BCUT2D eigenvalue weighted by molar-refractivity contribution is -0.118. The molecule has 2 aromatic heterocycles. The molecule has 0 saturated heterocycles. The van der Waals surface area contributed by atoms with E-state index in [0.29, 0.717) is 17.5 Å². The van der Waals surface area contributed by atoms with Crippen LogP contribution in [0.15, 0.2) is 51.1 Å². The summed E-state index contributed by atoms with van der Waals surface area (Å²) in [5.74, 6) is 2.15. The predicted molar refractivity (Wildman–Crippen MR) is 120 cm³/mol. The van der Waals surface area contributed by atoms with Gasteiger partial charge in [-0.15, -0.1) is 10.2 Å². The number of hydrogen-bond donors (Lipinski definition) is 1. The van der Waals surface area contributed by atoms with Crippen LogP contribution in [0.3, 0.4) is 0 Å². The van der Waals surface area contributed by atoms with E-state index in [2.05, 4.69) is 65.8 Å². The normalized spacial score (nSPS) is 11.9. The standard InChI is InChI=1S/C22H27N5O2S/c1-6-27-20(16-8-10-17(11-9-16)22(3,4)5)25-26-21(27)30-14-19(28)24-23-13-18-12-7-15(2)29-18/h7-13H,6,14H2,1-5H3,(H,24,28). The van der Waals surface area contributed by atoms with Crippen LogP contribution in [0.4, 0.5) is 0 Å². The molecule has 8 heteroatoms. The molecular formula is C22H27N5O2S. The molecule has 2 heterocycles. The Labute approximate surface area is 181 Å². The van der Waals surface area contributed by atoms with E-state index in [9.17, 15) is 4.79 Å². The van der Waals surface area contributed by atoms with E-state index in [1.165, 1.54) is 23.5 Å². The van der Waals surface area contributed by atoms with E-state index in [-0.39, 0.29) is 17.1 Å². The van der Waals surface area contributed by atoms with Crippen LogP contribution in [-0.2, 0) is 16.8 Å². The number of carbonyl (C=O) groups is 1. The molecule has 0 bridgehead atoms. The van der Waals surface area contributed by atoms with Crippen molar-refractivity contribution in [3.63, 3.8) is 0 Å². The average Bonchev–Trinajstić information content (AvgIpc) is 3.31. The minimum absolute atomic E-state index is 0.101. The molecule has 0 atom stereocenters. The number of benzene rings is 1. The van der Waals surface area contributed by atoms with Crippen LogP contribution in [-0.4, -0.2) is 32.6 Å². The van der Waals surface area contributed by atoms with Crippen LogP contribution in [0.25, 0.3) is 11.4 Å². The van der Waals surface area contributed by atoms with Crippen LogP contribution < -0.4 is 5.43 Å². The first-order chi connectivity index (χ1) is 14.3. The summed E-state index contributed by atoms with van der Waals surface area (Å²) < 4.78 is 7.38. The minimum Gasteiger partial charge on any atom is -0.460 e. The summed E-state index contributed by atoms with van der Waals surface area (Å²) in [4.78, 5) is 12.1. The summed E-state index contributed by atoms with van der Waals surface area (Å²) >= 11 is 1.33. The molecule has 1 amide bonds. The minimum atomic E-state index is -0.221. The van der Waals surface area contributed by atoms with Crippen molar-refractivity contribution < 1.29 is 9.21 Å². The van der Waals surface area contributed by atoms with Crippen LogP contribution in [0.1, 0.15) is 44.8 Å². The zero-order valence-corrected chi connectivity index (χ0v) is 18.8. The fourth-order valence-electron chi connectivity index (χ4n) is 2.87. The molecule has 0 spiro atoms. The second kappa shape index (κ2) is 9.30. The Balaban J connectivity index is 1.62. The number of hydrazone groups is 1. The molecular weight excluding hydrogens is 398 g/mol. The van der Waals surface area contributed by atoms with Gasteiger partial charge in [0, 0.05) is 12.1 Å². The van der Waals surface area contributed by atoms with Crippen LogP contribution >= 0.6 is 11.8 Å². The molecule has 1 N–H and O–H groups in total. The summed E-state index contributed by atoms with van der Waals surface area (Å²) in [6.45, 7) is 11.2. The average molecular weight is 426 g/mol. The smallest absolute Gasteiger partial charge is 0.250 e. The number of aromatic nitrogens is 3. The van der Waals surface area contributed by atoms with Gasteiger partial charge in [0.1, 0.15) is 11.5 Å². The highest BCUT2D eigenvalue weighted by molar-refractivity contribution is 7.99. The van der Waals surface area contributed by atoms with Gasteiger partial charge in [-0.1, -0.05) is 56.8 Å². The summed E-state index contributed by atoms with van der Waals surface area (Å²) in [5, 5.41) is 13.2. The number of nitrogens with zero attached hydrogens (tertiary/aromatic N) is 4. The van der Waals surface area contributed by atoms with Gasteiger partial charge in [0.15, 0.2) is 11.0 Å².